The van der Waals surface area contributed by atoms with E-state index in [4.69, 9.17) is 0 Å². The van der Waals surface area contributed by atoms with Gasteiger partial charge in [-0.3, -0.25) is 19.3 Å². The molecule has 2 aliphatic rings. The molecule has 7 nitrogen and oxygen atoms in total. The topological polar surface area (TPSA) is 73.0 Å². The maximum atomic E-state index is 13.4. The third-order valence-corrected chi connectivity index (χ3v) is 5.92. The molecule has 2 aromatic carbocycles. The van der Waals surface area contributed by atoms with Gasteiger partial charge < -0.3 is 15.1 Å². The molecule has 1 atom stereocenters. The second-order valence-corrected chi connectivity index (χ2v) is 8.29. The molecule has 1 saturated heterocycles. The van der Waals surface area contributed by atoms with Crippen LogP contribution in [-0.2, 0) is 16.1 Å². The van der Waals surface area contributed by atoms with Gasteiger partial charge in [0.1, 0.15) is 12.6 Å². The van der Waals surface area contributed by atoms with Crippen molar-refractivity contribution < 1.29 is 14.4 Å². The molecule has 2 aliphatic heterocycles. The van der Waals surface area contributed by atoms with E-state index in [2.05, 4.69) is 10.2 Å². The Bertz CT molecular complexity index is 990. The highest BCUT2D eigenvalue weighted by Gasteiger charge is 2.40. The number of benzene rings is 2. The maximum absolute atomic E-state index is 13.4. The summed E-state index contributed by atoms with van der Waals surface area (Å²) in [6.45, 7) is 1.14. The highest BCUT2D eigenvalue weighted by molar-refractivity contribution is 6.09. The van der Waals surface area contributed by atoms with Crippen molar-refractivity contribution in [1.29, 1.82) is 0 Å². The largest absolute Gasteiger partial charge is 0.358 e. The van der Waals surface area contributed by atoms with Gasteiger partial charge in [-0.1, -0.05) is 30.3 Å². The van der Waals surface area contributed by atoms with Crippen molar-refractivity contribution in [3.8, 4) is 0 Å². The molecule has 1 N–H and O–H groups in total. The van der Waals surface area contributed by atoms with Gasteiger partial charge in [-0.05, 0) is 43.0 Å². The zero-order chi connectivity index (χ0) is 22.0. The number of fused-ring (bicyclic) bond motifs is 3. The van der Waals surface area contributed by atoms with E-state index in [-0.39, 0.29) is 30.3 Å². The summed E-state index contributed by atoms with van der Waals surface area (Å²) in [7, 11) is 3.39. The van der Waals surface area contributed by atoms with E-state index < -0.39 is 0 Å². The van der Waals surface area contributed by atoms with Crippen molar-refractivity contribution in [3.05, 3.63) is 59.7 Å². The van der Waals surface area contributed by atoms with Crippen molar-refractivity contribution in [2.24, 2.45) is 0 Å². The molecule has 0 aromatic heterocycles. The lowest BCUT2D eigenvalue weighted by atomic mass is 9.95. The SMILES string of the molecule is CN(C)C(=O)c1ccc2c(c1)N(CC(=O)NCc1ccccc1)C(=O)[C@H]1CCCCN21. The Morgan fingerprint density at radius 2 is 1.84 bits per heavy atom. The quantitative estimate of drug-likeness (QED) is 0.806. The normalized spacial score (nSPS) is 17.6. The molecule has 0 aliphatic carbocycles. The fraction of sp³-hybridized carbons (Fsp3) is 0.375. The Balaban J connectivity index is 1.61. The summed E-state index contributed by atoms with van der Waals surface area (Å²) in [5, 5.41) is 2.90. The number of amides is 3. The van der Waals surface area contributed by atoms with Crippen LogP contribution in [0.2, 0.25) is 0 Å². The molecule has 0 radical (unpaired) electrons. The number of carbonyl (C=O) groups is 3. The molecule has 2 aromatic rings. The van der Waals surface area contributed by atoms with Crippen LogP contribution < -0.4 is 15.1 Å². The summed E-state index contributed by atoms with van der Waals surface area (Å²) in [5.74, 6) is -0.433. The fourth-order valence-electron chi connectivity index (χ4n) is 4.31. The molecule has 31 heavy (non-hydrogen) atoms. The van der Waals surface area contributed by atoms with Crippen molar-refractivity contribution in [3.63, 3.8) is 0 Å². The fourth-order valence-corrected chi connectivity index (χ4v) is 4.31. The first-order chi connectivity index (χ1) is 15.0. The van der Waals surface area contributed by atoms with Crippen LogP contribution in [0.1, 0.15) is 35.2 Å². The molecule has 4 rings (SSSR count). The van der Waals surface area contributed by atoms with E-state index in [1.54, 1.807) is 31.1 Å². The molecule has 0 spiro atoms. The average molecular weight is 421 g/mol. The van der Waals surface area contributed by atoms with Gasteiger partial charge in [-0.2, -0.15) is 0 Å². The van der Waals surface area contributed by atoms with E-state index >= 15 is 0 Å². The Hall–Kier alpha value is -3.35. The smallest absolute Gasteiger partial charge is 0.253 e. The molecule has 3 amide bonds. The summed E-state index contributed by atoms with van der Waals surface area (Å²) in [4.78, 5) is 43.8. The highest BCUT2D eigenvalue weighted by Crippen LogP contribution is 2.40. The summed E-state index contributed by atoms with van der Waals surface area (Å²) in [5.41, 5.74) is 3.04. The lowest BCUT2D eigenvalue weighted by Crippen LogP contribution is -2.57. The van der Waals surface area contributed by atoms with Crippen LogP contribution in [0.3, 0.4) is 0 Å². The van der Waals surface area contributed by atoms with Gasteiger partial charge in [-0.25, -0.2) is 0 Å². The van der Waals surface area contributed by atoms with Gasteiger partial charge in [0.05, 0.1) is 11.4 Å². The lowest BCUT2D eigenvalue weighted by molar-refractivity contribution is -0.125. The molecular weight excluding hydrogens is 392 g/mol. The van der Waals surface area contributed by atoms with E-state index in [0.717, 1.165) is 37.1 Å². The lowest BCUT2D eigenvalue weighted by Gasteiger charge is -2.45. The number of hydrogen-bond acceptors (Lipinski definition) is 4. The van der Waals surface area contributed by atoms with Crippen molar-refractivity contribution >= 4 is 29.1 Å². The van der Waals surface area contributed by atoms with Crippen molar-refractivity contribution in [2.45, 2.75) is 31.8 Å². The van der Waals surface area contributed by atoms with Crippen LogP contribution in [0.4, 0.5) is 11.4 Å². The Morgan fingerprint density at radius 1 is 1.06 bits per heavy atom. The van der Waals surface area contributed by atoms with Gasteiger partial charge >= 0.3 is 0 Å². The summed E-state index contributed by atoms with van der Waals surface area (Å²) >= 11 is 0. The zero-order valence-corrected chi connectivity index (χ0v) is 18.0. The number of carbonyl (C=O) groups excluding carboxylic acids is 3. The van der Waals surface area contributed by atoms with Crippen LogP contribution in [0.5, 0.6) is 0 Å². The number of anilines is 2. The van der Waals surface area contributed by atoms with E-state index in [9.17, 15) is 14.4 Å². The van der Waals surface area contributed by atoms with Crippen LogP contribution in [0.15, 0.2) is 48.5 Å². The number of nitrogens with one attached hydrogen (secondary N) is 1. The highest BCUT2D eigenvalue weighted by atomic mass is 16.2. The molecule has 0 saturated carbocycles. The van der Waals surface area contributed by atoms with Crippen LogP contribution in [0, 0.1) is 0 Å². The van der Waals surface area contributed by atoms with Gasteiger partial charge in [0.15, 0.2) is 0 Å². The molecule has 2 heterocycles. The first kappa shape index (κ1) is 20.9. The predicted molar refractivity (Wildman–Crippen MR) is 120 cm³/mol. The first-order valence-electron chi connectivity index (χ1n) is 10.7. The number of piperidine rings is 1. The Labute approximate surface area is 182 Å². The molecule has 0 unspecified atom stereocenters. The van der Waals surface area contributed by atoms with E-state index in [1.807, 2.05) is 36.4 Å². The standard InChI is InChI=1S/C24H28N4O3/c1-26(2)23(30)18-11-12-19-21(14-18)28(24(31)20-10-6-7-13-27(19)20)16-22(29)25-15-17-8-4-3-5-9-17/h3-5,8-9,11-12,14,20H,6-7,10,13,15-16H2,1-2H3,(H,25,29)/t20-/m1/s1. The molecule has 0 bridgehead atoms. The van der Waals surface area contributed by atoms with Gasteiger partial charge in [-0.15, -0.1) is 0 Å². The monoisotopic (exact) mass is 420 g/mol. The molecule has 7 heteroatoms. The van der Waals surface area contributed by atoms with Gasteiger partial charge in [0.25, 0.3) is 5.91 Å². The Morgan fingerprint density at radius 3 is 2.58 bits per heavy atom. The molecule has 162 valence electrons. The minimum atomic E-state index is -0.251. The van der Waals surface area contributed by atoms with Gasteiger partial charge in [0, 0.05) is 32.7 Å². The average Bonchev–Trinajstić information content (AvgIpc) is 2.80. The molecule has 1 fully saturated rings. The number of hydrogen-bond donors (Lipinski definition) is 1. The summed E-state index contributed by atoms with van der Waals surface area (Å²) < 4.78 is 0. The van der Waals surface area contributed by atoms with E-state index in [1.165, 1.54) is 4.90 Å². The second kappa shape index (κ2) is 8.79. The molecular formula is C24H28N4O3. The van der Waals surface area contributed by atoms with Gasteiger partial charge in [0.2, 0.25) is 11.8 Å². The van der Waals surface area contributed by atoms with Crippen molar-refractivity contribution in [2.75, 3.05) is 37.0 Å². The summed E-state index contributed by atoms with van der Waals surface area (Å²) in [6, 6.07) is 14.9. The van der Waals surface area contributed by atoms with Crippen molar-refractivity contribution in [1.82, 2.24) is 10.2 Å². The number of rotatable bonds is 5. The summed E-state index contributed by atoms with van der Waals surface area (Å²) in [6.07, 6.45) is 2.80. The third-order valence-electron chi connectivity index (χ3n) is 5.92. The number of nitrogens with zero attached hydrogens (tertiary/aromatic N) is 3. The minimum Gasteiger partial charge on any atom is -0.358 e. The van der Waals surface area contributed by atoms with Crippen LogP contribution in [0.25, 0.3) is 0 Å². The Kier molecular flexibility index (Phi) is 5.93. The third kappa shape index (κ3) is 4.26. The van der Waals surface area contributed by atoms with E-state index in [0.29, 0.717) is 17.8 Å². The second-order valence-electron chi connectivity index (χ2n) is 8.29. The van der Waals surface area contributed by atoms with Crippen LogP contribution >= 0.6 is 0 Å². The predicted octanol–water partition coefficient (Wildman–Crippen LogP) is 2.41. The van der Waals surface area contributed by atoms with Crippen LogP contribution in [-0.4, -0.2) is 55.8 Å². The zero-order valence-electron chi connectivity index (χ0n) is 18.0. The first-order valence-corrected chi connectivity index (χ1v) is 10.7. The minimum absolute atomic E-state index is 0.0669. The maximum Gasteiger partial charge on any atom is 0.253 e.